The first-order valence-electron chi connectivity index (χ1n) is 28.2. The molecule has 6 aromatic heterocycles. The second-order valence-corrected chi connectivity index (χ2v) is 24.5. The molecule has 0 bridgehead atoms. The third-order valence-corrected chi connectivity index (χ3v) is 20.1. The van der Waals surface area contributed by atoms with Crippen LogP contribution in [0.5, 0.6) is 0 Å². The van der Waals surface area contributed by atoms with Gasteiger partial charge in [0, 0.05) is 83.4 Å². The second-order valence-electron chi connectivity index (χ2n) is 22.3. The minimum Gasteiger partial charge on any atom is -0.308 e. The normalized spacial score (nSPS) is 12.4. The fourth-order valence-electron chi connectivity index (χ4n) is 14.3. The number of rotatable bonds is 6. The maximum absolute atomic E-state index is 2.63. The molecule has 4 heteroatoms. The number of fused-ring (bicyclic) bond motifs is 20. The van der Waals surface area contributed by atoms with Gasteiger partial charge in [-0.05, 0) is 152 Å². The highest BCUT2D eigenvalue weighted by atomic mass is 32.1. The summed E-state index contributed by atoms with van der Waals surface area (Å²) in [6.45, 7) is 0. The van der Waals surface area contributed by atoms with Crippen LogP contribution in [-0.2, 0) is 0 Å². The largest absolute Gasteiger partial charge is 0.308 e. The van der Waals surface area contributed by atoms with Crippen molar-refractivity contribution in [1.82, 2.24) is 8.80 Å². The molecule has 82 heavy (non-hydrogen) atoms. The molecule has 0 fully saturated rings. The fraction of sp³-hybridized carbons (Fsp3) is 0. The molecule has 378 valence electrons. The predicted molar refractivity (Wildman–Crippen MR) is 354 cm³/mol. The van der Waals surface area contributed by atoms with Gasteiger partial charge >= 0.3 is 0 Å². The molecule has 0 N–H and O–H groups in total. The Morgan fingerprint density at radius 3 is 0.866 bits per heavy atom. The third kappa shape index (κ3) is 6.28. The molecule has 19 aromatic rings. The van der Waals surface area contributed by atoms with Gasteiger partial charge in [-0.25, -0.2) is 0 Å². The SMILES string of the molecule is c1ccc(-c2cc(-c3ccccc3)cc(-c3ccc4c5c6c(cc7c8cc9c(cc8n(c4c3)c75)c3cc4sc5ccccc5c4c4c5ccc(-c7cc(-c8ccccc8)cc(-c8ccccc8)c7)cc5n9c34)sc3ccccc36)c2)cc1. The smallest absolute Gasteiger partial charge is 0.0627 e. The summed E-state index contributed by atoms with van der Waals surface area (Å²) in [7, 11) is 0. The van der Waals surface area contributed by atoms with E-state index in [0.717, 1.165) is 0 Å². The second kappa shape index (κ2) is 16.7. The molecule has 0 aliphatic carbocycles. The average molecular weight is 1070 g/mol. The molecule has 0 atom stereocenters. The highest BCUT2D eigenvalue weighted by molar-refractivity contribution is 7.26. The number of hydrogen-bond donors (Lipinski definition) is 0. The average Bonchev–Trinajstić information content (AvgIpc) is 1.68. The Labute approximate surface area is 478 Å². The van der Waals surface area contributed by atoms with Gasteiger partial charge in [-0.15, -0.1) is 22.7 Å². The van der Waals surface area contributed by atoms with Crippen LogP contribution in [0.1, 0.15) is 0 Å². The van der Waals surface area contributed by atoms with Gasteiger partial charge in [0.05, 0.1) is 33.1 Å². The minimum atomic E-state index is 1.20. The van der Waals surface area contributed by atoms with Gasteiger partial charge < -0.3 is 8.80 Å². The topological polar surface area (TPSA) is 8.82 Å². The number of benzene rings is 13. The molecular formula is C78H44N2S2. The molecule has 0 unspecified atom stereocenters. The summed E-state index contributed by atoms with van der Waals surface area (Å²) in [5.74, 6) is 0. The molecule has 0 amide bonds. The summed E-state index contributed by atoms with van der Waals surface area (Å²) in [5, 5.41) is 15.7. The van der Waals surface area contributed by atoms with Crippen molar-refractivity contribution >= 4 is 139 Å². The number of nitrogens with zero attached hydrogens (tertiary/aromatic N) is 2. The lowest BCUT2D eigenvalue weighted by molar-refractivity contribution is 1.36. The monoisotopic (exact) mass is 1070 g/mol. The van der Waals surface area contributed by atoms with Crippen molar-refractivity contribution in [1.29, 1.82) is 0 Å². The summed E-state index contributed by atoms with van der Waals surface area (Å²) in [6.07, 6.45) is 0. The Morgan fingerprint density at radius 2 is 0.500 bits per heavy atom. The van der Waals surface area contributed by atoms with E-state index in [1.54, 1.807) is 0 Å². The number of hydrogen-bond acceptors (Lipinski definition) is 2. The van der Waals surface area contributed by atoms with E-state index in [-0.39, 0.29) is 0 Å². The van der Waals surface area contributed by atoms with Crippen LogP contribution in [0.15, 0.2) is 267 Å². The summed E-state index contributed by atoms with van der Waals surface area (Å²) >= 11 is 3.83. The minimum absolute atomic E-state index is 1.20. The number of aromatic nitrogens is 2. The van der Waals surface area contributed by atoms with Crippen molar-refractivity contribution in [2.24, 2.45) is 0 Å². The van der Waals surface area contributed by atoms with Crippen molar-refractivity contribution in [3.63, 3.8) is 0 Å². The molecule has 0 aliphatic rings. The highest BCUT2D eigenvalue weighted by Crippen LogP contribution is 2.53. The van der Waals surface area contributed by atoms with E-state index in [2.05, 4.69) is 276 Å². The zero-order valence-electron chi connectivity index (χ0n) is 44.1. The van der Waals surface area contributed by atoms with Crippen LogP contribution in [0.2, 0.25) is 0 Å². The summed E-state index contributed by atoms with van der Waals surface area (Å²) in [6, 6.07) is 100. The van der Waals surface area contributed by atoms with Gasteiger partial charge in [-0.1, -0.05) is 182 Å². The maximum atomic E-state index is 2.63. The van der Waals surface area contributed by atoms with E-state index in [1.165, 1.54) is 183 Å². The Hall–Kier alpha value is -10.1. The van der Waals surface area contributed by atoms with E-state index >= 15 is 0 Å². The van der Waals surface area contributed by atoms with Crippen molar-refractivity contribution in [2.45, 2.75) is 0 Å². The Bertz CT molecular complexity index is 5370. The van der Waals surface area contributed by atoms with Gasteiger partial charge in [0.15, 0.2) is 0 Å². The molecular weight excluding hydrogens is 1030 g/mol. The van der Waals surface area contributed by atoms with Gasteiger partial charge in [-0.3, -0.25) is 0 Å². The van der Waals surface area contributed by atoms with Gasteiger partial charge in [0.25, 0.3) is 0 Å². The summed E-state index contributed by atoms with van der Waals surface area (Å²) < 4.78 is 10.5. The van der Waals surface area contributed by atoms with Crippen molar-refractivity contribution in [3.8, 4) is 66.8 Å². The van der Waals surface area contributed by atoms with Crippen molar-refractivity contribution in [3.05, 3.63) is 267 Å². The fourth-order valence-corrected chi connectivity index (χ4v) is 16.6. The van der Waals surface area contributed by atoms with E-state index in [4.69, 9.17) is 0 Å². The Kier molecular flexibility index (Phi) is 9.12. The van der Waals surface area contributed by atoms with Crippen molar-refractivity contribution < 1.29 is 0 Å². The van der Waals surface area contributed by atoms with Gasteiger partial charge in [-0.2, -0.15) is 0 Å². The highest BCUT2D eigenvalue weighted by Gasteiger charge is 2.27. The van der Waals surface area contributed by atoms with Crippen LogP contribution in [0.4, 0.5) is 0 Å². The van der Waals surface area contributed by atoms with Gasteiger partial charge in [0.2, 0.25) is 0 Å². The lowest BCUT2D eigenvalue weighted by Crippen LogP contribution is -1.88. The molecule has 0 radical (unpaired) electrons. The molecule has 6 heterocycles. The molecule has 19 rings (SSSR count). The van der Waals surface area contributed by atoms with Crippen molar-refractivity contribution in [2.75, 3.05) is 0 Å². The first-order chi connectivity index (χ1) is 40.6. The number of thiophene rings is 2. The molecule has 2 nitrogen and oxygen atoms in total. The quantitative estimate of drug-likeness (QED) is 0.157. The lowest BCUT2D eigenvalue weighted by atomic mass is 9.93. The summed E-state index contributed by atoms with van der Waals surface area (Å²) in [4.78, 5) is 0. The van der Waals surface area contributed by atoms with Crippen LogP contribution in [0, 0.1) is 0 Å². The van der Waals surface area contributed by atoms with E-state index in [1.807, 2.05) is 22.7 Å². The predicted octanol–water partition coefficient (Wildman–Crippen LogP) is 22.7. The van der Waals surface area contributed by atoms with E-state index in [9.17, 15) is 0 Å². The van der Waals surface area contributed by atoms with Crippen LogP contribution < -0.4 is 0 Å². The third-order valence-electron chi connectivity index (χ3n) is 17.9. The molecule has 0 saturated carbocycles. The van der Waals surface area contributed by atoms with E-state index in [0.29, 0.717) is 0 Å². The Balaban J connectivity index is 0.923. The van der Waals surface area contributed by atoms with Crippen LogP contribution in [0.25, 0.3) is 183 Å². The van der Waals surface area contributed by atoms with Gasteiger partial charge in [0.1, 0.15) is 0 Å². The molecule has 13 aromatic carbocycles. The lowest BCUT2D eigenvalue weighted by Gasteiger charge is -2.12. The molecule has 0 aliphatic heterocycles. The zero-order chi connectivity index (χ0) is 53.3. The molecule has 0 saturated heterocycles. The first-order valence-corrected chi connectivity index (χ1v) is 29.8. The van der Waals surface area contributed by atoms with Crippen LogP contribution in [-0.4, -0.2) is 8.80 Å². The molecule has 0 spiro atoms. The van der Waals surface area contributed by atoms with Crippen LogP contribution >= 0.6 is 22.7 Å². The summed E-state index contributed by atoms with van der Waals surface area (Å²) in [5.41, 5.74) is 22.0. The standard InChI is InChI=1S/C78H44N2S2/c1-5-17-45(18-6-1)51-33-52(46-19-7-2-8-20-46)36-55(35-51)49-29-31-57-65(39-49)79-67-41-62-64-44-72-74(60-26-14-16-28-70(60)82-72)76-58-32-30-50(56-37-53(47-21-9-3-10-22-47)34-54(38-56)48-23-11-4-12-24-48)40-66(58)80(78(64)76)68(62)42-61(67)63-43-71-73(75(57)77(63)79)59-25-13-15-27-69(59)81-71/h1-44H. The van der Waals surface area contributed by atoms with Crippen LogP contribution in [0.3, 0.4) is 0 Å². The van der Waals surface area contributed by atoms with E-state index < -0.39 is 0 Å². The Morgan fingerprint density at radius 1 is 0.183 bits per heavy atom. The maximum Gasteiger partial charge on any atom is 0.0627 e. The first kappa shape index (κ1) is 44.7. The zero-order valence-corrected chi connectivity index (χ0v) is 45.7.